The monoisotopic (exact) mass is 268 g/mol. The number of aryl methyl sites for hydroxylation is 1. The Balaban J connectivity index is 2.45. The zero-order valence-corrected chi connectivity index (χ0v) is 12.1. The van der Waals surface area contributed by atoms with Crippen LogP contribution in [-0.2, 0) is 4.79 Å². The molecule has 0 aromatic heterocycles. The fourth-order valence-corrected chi connectivity index (χ4v) is 1.54. The van der Waals surface area contributed by atoms with Crippen molar-refractivity contribution in [3.05, 3.63) is 28.8 Å². The molecule has 0 aliphatic carbocycles. The van der Waals surface area contributed by atoms with E-state index >= 15 is 0 Å². The highest BCUT2D eigenvalue weighted by molar-refractivity contribution is 6.31. The first-order chi connectivity index (χ1) is 8.40. The Hall–Kier alpha value is -1.22. The first-order valence-electron chi connectivity index (χ1n) is 6.19. The maximum Gasteiger partial charge on any atom is 0.239 e. The number of amides is 1. The number of hydrogen-bond acceptors (Lipinski definition) is 2. The van der Waals surface area contributed by atoms with Gasteiger partial charge in [-0.3, -0.25) is 4.79 Å². The molecule has 0 heterocycles. The molecular formula is C14H21ClN2O. The Kier molecular flexibility index (Phi) is 5.48. The number of anilines is 1. The van der Waals surface area contributed by atoms with Crippen LogP contribution < -0.4 is 10.6 Å². The third kappa shape index (κ3) is 4.57. The molecule has 4 heteroatoms. The summed E-state index contributed by atoms with van der Waals surface area (Å²) in [5.41, 5.74) is 1.89. The minimum absolute atomic E-state index is 0.00658. The van der Waals surface area contributed by atoms with Crippen molar-refractivity contribution >= 4 is 23.2 Å². The van der Waals surface area contributed by atoms with Crippen molar-refractivity contribution in [1.29, 1.82) is 0 Å². The molecule has 1 aromatic carbocycles. The zero-order valence-electron chi connectivity index (χ0n) is 11.4. The lowest BCUT2D eigenvalue weighted by atomic mass is 10.1. The van der Waals surface area contributed by atoms with E-state index in [2.05, 4.69) is 24.5 Å². The highest BCUT2D eigenvalue weighted by Gasteiger charge is 2.10. The van der Waals surface area contributed by atoms with Crippen LogP contribution in [0.5, 0.6) is 0 Å². The molecule has 1 rings (SSSR count). The van der Waals surface area contributed by atoms with Gasteiger partial charge in [-0.1, -0.05) is 31.5 Å². The molecule has 1 unspecified atom stereocenters. The van der Waals surface area contributed by atoms with Crippen LogP contribution in [0, 0.1) is 12.8 Å². The summed E-state index contributed by atoms with van der Waals surface area (Å²) < 4.78 is 0. The molecule has 0 spiro atoms. The molecule has 3 nitrogen and oxygen atoms in total. The fraction of sp³-hybridized carbons (Fsp3) is 0.500. The molecule has 100 valence electrons. The zero-order chi connectivity index (χ0) is 13.7. The third-order valence-corrected chi connectivity index (χ3v) is 3.42. The Morgan fingerprint density at radius 3 is 2.56 bits per heavy atom. The second-order valence-electron chi connectivity index (χ2n) is 4.92. The summed E-state index contributed by atoms with van der Waals surface area (Å²) >= 11 is 6.01. The molecule has 2 N–H and O–H groups in total. The van der Waals surface area contributed by atoms with Crippen molar-refractivity contribution < 1.29 is 4.79 Å². The van der Waals surface area contributed by atoms with Crippen LogP contribution in [0.25, 0.3) is 0 Å². The van der Waals surface area contributed by atoms with Gasteiger partial charge in [-0.05, 0) is 37.5 Å². The lowest BCUT2D eigenvalue weighted by Gasteiger charge is -2.17. The number of carbonyl (C=O) groups excluding carboxylic acids is 1. The summed E-state index contributed by atoms with van der Waals surface area (Å²) in [7, 11) is 0. The lowest BCUT2D eigenvalue weighted by Crippen LogP contribution is -2.39. The summed E-state index contributed by atoms with van der Waals surface area (Å²) in [4.78, 5) is 11.7. The molecule has 0 aliphatic heterocycles. The summed E-state index contributed by atoms with van der Waals surface area (Å²) in [5.74, 6) is 0.427. The molecule has 1 amide bonds. The largest absolute Gasteiger partial charge is 0.376 e. The number of halogens is 1. The van der Waals surface area contributed by atoms with Crippen molar-refractivity contribution in [2.24, 2.45) is 5.92 Å². The summed E-state index contributed by atoms with van der Waals surface area (Å²) in [6.07, 6.45) is 0. The van der Waals surface area contributed by atoms with E-state index in [1.165, 1.54) is 0 Å². The van der Waals surface area contributed by atoms with E-state index in [9.17, 15) is 4.79 Å². The van der Waals surface area contributed by atoms with Gasteiger partial charge in [0.2, 0.25) is 5.91 Å². The normalized spacial score (nSPS) is 12.3. The van der Waals surface area contributed by atoms with Gasteiger partial charge in [-0.15, -0.1) is 0 Å². The molecule has 0 saturated heterocycles. The van der Waals surface area contributed by atoms with Crippen LogP contribution in [0.2, 0.25) is 5.02 Å². The Morgan fingerprint density at radius 1 is 1.33 bits per heavy atom. The first-order valence-corrected chi connectivity index (χ1v) is 6.57. The topological polar surface area (TPSA) is 41.1 Å². The number of hydrogen-bond donors (Lipinski definition) is 2. The van der Waals surface area contributed by atoms with Gasteiger partial charge in [0.25, 0.3) is 0 Å². The molecule has 0 fully saturated rings. The highest BCUT2D eigenvalue weighted by atomic mass is 35.5. The minimum atomic E-state index is -0.00658. The molecule has 0 aliphatic rings. The minimum Gasteiger partial charge on any atom is -0.376 e. The number of carbonyl (C=O) groups is 1. The maximum atomic E-state index is 11.7. The van der Waals surface area contributed by atoms with Crippen LogP contribution in [0.1, 0.15) is 26.3 Å². The van der Waals surface area contributed by atoms with E-state index in [1.54, 1.807) is 0 Å². The third-order valence-electron chi connectivity index (χ3n) is 3.01. The van der Waals surface area contributed by atoms with Crippen molar-refractivity contribution in [3.8, 4) is 0 Å². The lowest BCUT2D eigenvalue weighted by molar-refractivity contribution is -0.120. The van der Waals surface area contributed by atoms with Crippen LogP contribution >= 0.6 is 11.6 Å². The van der Waals surface area contributed by atoms with Crippen molar-refractivity contribution in [1.82, 2.24) is 5.32 Å². The maximum absolute atomic E-state index is 11.7. The number of rotatable bonds is 5. The standard InChI is InChI=1S/C14H21ClN2O/c1-9(2)11(4)17-14(18)8-16-12-6-5-10(3)13(15)7-12/h5-7,9,11,16H,8H2,1-4H3,(H,17,18). The van der Waals surface area contributed by atoms with Gasteiger partial charge in [0, 0.05) is 16.8 Å². The Bertz CT molecular complexity index is 418. The average molecular weight is 269 g/mol. The van der Waals surface area contributed by atoms with Crippen LogP contribution in [0.15, 0.2) is 18.2 Å². The summed E-state index contributed by atoms with van der Waals surface area (Å²) in [6.45, 7) is 8.38. The van der Waals surface area contributed by atoms with Gasteiger partial charge in [0.1, 0.15) is 0 Å². The van der Waals surface area contributed by atoms with Crippen molar-refractivity contribution in [2.75, 3.05) is 11.9 Å². The Morgan fingerprint density at radius 2 is 2.00 bits per heavy atom. The number of nitrogens with one attached hydrogen (secondary N) is 2. The van der Waals surface area contributed by atoms with E-state index < -0.39 is 0 Å². The van der Waals surface area contributed by atoms with Crippen LogP contribution in [0.4, 0.5) is 5.69 Å². The second kappa shape index (κ2) is 6.64. The molecule has 1 atom stereocenters. The summed E-state index contributed by atoms with van der Waals surface area (Å²) in [5, 5.41) is 6.71. The van der Waals surface area contributed by atoms with Crippen molar-refractivity contribution in [3.63, 3.8) is 0 Å². The number of benzene rings is 1. The molecule has 18 heavy (non-hydrogen) atoms. The van der Waals surface area contributed by atoms with Gasteiger partial charge in [-0.2, -0.15) is 0 Å². The fourth-order valence-electron chi connectivity index (χ4n) is 1.36. The van der Waals surface area contributed by atoms with Crippen molar-refractivity contribution in [2.45, 2.75) is 33.7 Å². The van der Waals surface area contributed by atoms with Gasteiger partial charge >= 0.3 is 0 Å². The van der Waals surface area contributed by atoms with E-state index in [1.807, 2.05) is 32.0 Å². The van der Waals surface area contributed by atoms with E-state index in [0.717, 1.165) is 11.3 Å². The molecule has 0 radical (unpaired) electrons. The molecular weight excluding hydrogens is 248 g/mol. The molecule has 0 saturated carbocycles. The van der Waals surface area contributed by atoms with Gasteiger partial charge in [-0.25, -0.2) is 0 Å². The SMILES string of the molecule is Cc1ccc(NCC(=O)NC(C)C(C)C)cc1Cl. The highest BCUT2D eigenvalue weighted by Crippen LogP contribution is 2.19. The first kappa shape index (κ1) is 14.8. The molecule has 0 bridgehead atoms. The van der Waals surface area contributed by atoms with Gasteiger partial charge in [0.05, 0.1) is 6.54 Å². The van der Waals surface area contributed by atoms with Crippen LogP contribution in [-0.4, -0.2) is 18.5 Å². The predicted molar refractivity (Wildman–Crippen MR) is 77.1 cm³/mol. The van der Waals surface area contributed by atoms with E-state index in [-0.39, 0.29) is 18.5 Å². The van der Waals surface area contributed by atoms with E-state index in [0.29, 0.717) is 10.9 Å². The molecule has 1 aromatic rings. The second-order valence-corrected chi connectivity index (χ2v) is 5.32. The smallest absolute Gasteiger partial charge is 0.239 e. The Labute approximate surface area is 114 Å². The van der Waals surface area contributed by atoms with Gasteiger partial charge in [0.15, 0.2) is 0 Å². The van der Waals surface area contributed by atoms with Gasteiger partial charge < -0.3 is 10.6 Å². The quantitative estimate of drug-likeness (QED) is 0.861. The predicted octanol–water partition coefficient (Wildman–Crippen LogP) is 3.22. The average Bonchev–Trinajstić information content (AvgIpc) is 2.30. The van der Waals surface area contributed by atoms with Crippen LogP contribution in [0.3, 0.4) is 0 Å². The van der Waals surface area contributed by atoms with E-state index in [4.69, 9.17) is 11.6 Å². The summed E-state index contributed by atoms with van der Waals surface area (Å²) in [6, 6.07) is 5.86.